The number of piperidine rings is 1. The zero-order valence-corrected chi connectivity index (χ0v) is 18.7. The maximum Gasteiger partial charge on any atom is 0.253 e. The summed E-state index contributed by atoms with van der Waals surface area (Å²) in [6, 6.07) is 9.56. The lowest BCUT2D eigenvalue weighted by molar-refractivity contribution is -0.122. The molecule has 1 fully saturated rings. The average Bonchev–Trinajstić information content (AvgIpc) is 3.35. The highest BCUT2D eigenvalue weighted by atomic mass is 16.6. The van der Waals surface area contributed by atoms with Crippen LogP contribution in [0.2, 0.25) is 0 Å². The van der Waals surface area contributed by atoms with Gasteiger partial charge in [0, 0.05) is 30.8 Å². The SMILES string of the molecule is Cc1cc(C)n(-c2cccc(C(=O)N3CCC[C@H](CC(=O)NCc4nonc4C)C3)c2)n1. The third-order valence-electron chi connectivity index (χ3n) is 5.83. The second kappa shape index (κ2) is 9.33. The highest BCUT2D eigenvalue weighted by Crippen LogP contribution is 2.22. The Bertz CT molecular complexity index is 1120. The summed E-state index contributed by atoms with van der Waals surface area (Å²) in [5, 5.41) is 14.9. The van der Waals surface area contributed by atoms with E-state index in [0.29, 0.717) is 43.0 Å². The zero-order valence-electron chi connectivity index (χ0n) is 18.7. The van der Waals surface area contributed by atoms with E-state index in [1.54, 1.807) is 6.92 Å². The summed E-state index contributed by atoms with van der Waals surface area (Å²) < 4.78 is 6.50. The van der Waals surface area contributed by atoms with Crippen molar-refractivity contribution in [2.75, 3.05) is 13.1 Å². The molecular formula is C23H28N6O3. The molecule has 0 radical (unpaired) electrons. The van der Waals surface area contributed by atoms with Crippen molar-refractivity contribution < 1.29 is 14.2 Å². The Morgan fingerprint density at radius 1 is 1.19 bits per heavy atom. The molecule has 1 aromatic carbocycles. The van der Waals surface area contributed by atoms with E-state index in [1.165, 1.54) is 0 Å². The minimum absolute atomic E-state index is 0.0113. The van der Waals surface area contributed by atoms with Crippen LogP contribution in [0.1, 0.15) is 52.4 Å². The van der Waals surface area contributed by atoms with Crippen LogP contribution in [-0.2, 0) is 11.3 Å². The van der Waals surface area contributed by atoms with Crippen LogP contribution >= 0.6 is 0 Å². The minimum atomic E-state index is -0.0572. The molecule has 0 unspecified atom stereocenters. The van der Waals surface area contributed by atoms with Crippen molar-refractivity contribution in [1.82, 2.24) is 30.3 Å². The standard InChI is InChI=1S/C23H28N6O3/c1-15-10-16(2)29(25-15)20-8-4-7-19(12-20)23(31)28-9-5-6-18(14-28)11-22(30)24-13-21-17(3)26-32-27-21/h4,7-8,10,12,18H,5-6,9,11,13-14H2,1-3H3,(H,24,30)/t18-/m1/s1. The third kappa shape index (κ3) is 4.87. The van der Waals surface area contributed by atoms with Crippen molar-refractivity contribution in [3.8, 4) is 5.69 Å². The van der Waals surface area contributed by atoms with E-state index >= 15 is 0 Å². The molecule has 3 aromatic rings. The predicted octanol–water partition coefficient (Wildman–Crippen LogP) is 2.74. The van der Waals surface area contributed by atoms with Gasteiger partial charge in [0.15, 0.2) is 0 Å². The van der Waals surface area contributed by atoms with Crippen molar-refractivity contribution in [2.24, 2.45) is 5.92 Å². The molecule has 2 amide bonds. The van der Waals surface area contributed by atoms with Gasteiger partial charge in [0.25, 0.3) is 5.91 Å². The number of carbonyl (C=O) groups is 2. The van der Waals surface area contributed by atoms with Crippen LogP contribution in [0, 0.1) is 26.7 Å². The fraction of sp³-hybridized carbons (Fsp3) is 0.435. The molecule has 1 aliphatic heterocycles. The van der Waals surface area contributed by atoms with Crippen molar-refractivity contribution in [3.63, 3.8) is 0 Å². The summed E-state index contributed by atoms with van der Waals surface area (Å²) in [4.78, 5) is 27.4. The lowest BCUT2D eigenvalue weighted by Gasteiger charge is -2.32. The van der Waals surface area contributed by atoms with Gasteiger partial charge in [-0.2, -0.15) is 5.10 Å². The number of amides is 2. The predicted molar refractivity (Wildman–Crippen MR) is 117 cm³/mol. The van der Waals surface area contributed by atoms with Crippen LogP contribution in [0.4, 0.5) is 0 Å². The number of carbonyl (C=O) groups excluding carboxylic acids is 2. The van der Waals surface area contributed by atoms with Gasteiger partial charge in [-0.15, -0.1) is 0 Å². The maximum absolute atomic E-state index is 13.2. The number of benzene rings is 1. The van der Waals surface area contributed by atoms with Gasteiger partial charge in [-0.25, -0.2) is 9.31 Å². The molecular weight excluding hydrogens is 408 g/mol. The van der Waals surface area contributed by atoms with Gasteiger partial charge in [0.1, 0.15) is 11.4 Å². The van der Waals surface area contributed by atoms with Gasteiger partial charge in [0.05, 0.1) is 17.9 Å². The lowest BCUT2D eigenvalue weighted by Crippen LogP contribution is -2.41. The summed E-state index contributed by atoms with van der Waals surface area (Å²) >= 11 is 0. The maximum atomic E-state index is 13.2. The number of aromatic nitrogens is 4. The Kier molecular flexibility index (Phi) is 6.34. The molecule has 9 heteroatoms. The molecule has 0 saturated carbocycles. The summed E-state index contributed by atoms with van der Waals surface area (Å²) in [6.07, 6.45) is 2.18. The molecule has 168 valence electrons. The van der Waals surface area contributed by atoms with E-state index in [-0.39, 0.29) is 17.7 Å². The van der Waals surface area contributed by atoms with Crippen molar-refractivity contribution >= 4 is 11.8 Å². The van der Waals surface area contributed by atoms with Gasteiger partial charge in [-0.1, -0.05) is 16.4 Å². The second-order valence-corrected chi connectivity index (χ2v) is 8.43. The summed E-state index contributed by atoms with van der Waals surface area (Å²) in [5.41, 5.74) is 4.75. The Morgan fingerprint density at radius 3 is 2.75 bits per heavy atom. The highest BCUT2D eigenvalue weighted by Gasteiger charge is 2.26. The molecule has 1 N–H and O–H groups in total. The molecule has 0 bridgehead atoms. The molecule has 1 aliphatic rings. The van der Waals surface area contributed by atoms with Crippen molar-refractivity contribution in [1.29, 1.82) is 0 Å². The molecule has 9 nitrogen and oxygen atoms in total. The van der Waals surface area contributed by atoms with Crippen LogP contribution in [0.25, 0.3) is 5.69 Å². The number of rotatable bonds is 6. The first-order valence-corrected chi connectivity index (χ1v) is 10.9. The van der Waals surface area contributed by atoms with E-state index in [4.69, 9.17) is 0 Å². The molecule has 4 rings (SSSR count). The van der Waals surface area contributed by atoms with Gasteiger partial charge in [0.2, 0.25) is 5.91 Å². The number of aryl methyl sites for hydroxylation is 3. The Hall–Kier alpha value is -3.49. The number of hydrogen-bond acceptors (Lipinski definition) is 6. The topological polar surface area (TPSA) is 106 Å². The third-order valence-corrected chi connectivity index (χ3v) is 5.83. The van der Waals surface area contributed by atoms with Gasteiger partial charge < -0.3 is 10.2 Å². The molecule has 32 heavy (non-hydrogen) atoms. The lowest BCUT2D eigenvalue weighted by atomic mass is 9.94. The highest BCUT2D eigenvalue weighted by molar-refractivity contribution is 5.94. The van der Waals surface area contributed by atoms with Gasteiger partial charge in [-0.05, 0) is 63.8 Å². The van der Waals surface area contributed by atoms with Crippen molar-refractivity contribution in [3.05, 3.63) is 58.7 Å². The fourth-order valence-electron chi connectivity index (χ4n) is 4.19. The number of hydrogen-bond donors (Lipinski definition) is 1. The summed E-state index contributed by atoms with van der Waals surface area (Å²) in [7, 11) is 0. The molecule has 2 aromatic heterocycles. The average molecular weight is 437 g/mol. The van der Waals surface area contributed by atoms with Crippen LogP contribution in [0.5, 0.6) is 0 Å². The zero-order chi connectivity index (χ0) is 22.7. The van der Waals surface area contributed by atoms with E-state index < -0.39 is 0 Å². The fourth-order valence-corrected chi connectivity index (χ4v) is 4.19. The Labute approximate surface area is 186 Å². The number of likely N-dealkylation sites (tertiary alicyclic amines) is 1. The minimum Gasteiger partial charge on any atom is -0.350 e. The largest absolute Gasteiger partial charge is 0.350 e. The molecule has 0 spiro atoms. The summed E-state index contributed by atoms with van der Waals surface area (Å²) in [5.74, 6) is 0.0597. The van der Waals surface area contributed by atoms with Gasteiger partial charge >= 0.3 is 0 Å². The number of nitrogens with zero attached hydrogens (tertiary/aromatic N) is 5. The monoisotopic (exact) mass is 436 g/mol. The first kappa shape index (κ1) is 21.7. The Morgan fingerprint density at radius 2 is 2.03 bits per heavy atom. The van der Waals surface area contributed by atoms with E-state index in [9.17, 15) is 9.59 Å². The van der Waals surface area contributed by atoms with Crippen LogP contribution in [0.3, 0.4) is 0 Å². The molecule has 1 saturated heterocycles. The van der Waals surface area contributed by atoms with E-state index in [0.717, 1.165) is 29.9 Å². The summed E-state index contributed by atoms with van der Waals surface area (Å²) in [6.45, 7) is 7.29. The normalized spacial score (nSPS) is 16.2. The van der Waals surface area contributed by atoms with Crippen LogP contribution < -0.4 is 5.32 Å². The first-order valence-electron chi connectivity index (χ1n) is 10.9. The van der Waals surface area contributed by atoms with Crippen molar-refractivity contribution in [2.45, 2.75) is 46.6 Å². The number of nitrogens with one attached hydrogen (secondary N) is 1. The van der Waals surface area contributed by atoms with E-state index in [1.807, 2.05) is 53.8 Å². The molecule has 0 aliphatic carbocycles. The first-order chi connectivity index (χ1) is 15.4. The smallest absolute Gasteiger partial charge is 0.253 e. The van der Waals surface area contributed by atoms with E-state index in [2.05, 4.69) is 25.4 Å². The van der Waals surface area contributed by atoms with Crippen LogP contribution in [0.15, 0.2) is 35.0 Å². The van der Waals surface area contributed by atoms with Crippen LogP contribution in [-0.4, -0.2) is 49.9 Å². The quantitative estimate of drug-likeness (QED) is 0.637. The van der Waals surface area contributed by atoms with Gasteiger partial charge in [-0.3, -0.25) is 9.59 Å². The second-order valence-electron chi connectivity index (χ2n) is 8.43. The molecule has 3 heterocycles. The Balaban J connectivity index is 1.37. The molecule has 1 atom stereocenters.